The van der Waals surface area contributed by atoms with Crippen molar-refractivity contribution in [1.29, 1.82) is 0 Å². The molecule has 0 aliphatic heterocycles. The van der Waals surface area contributed by atoms with Crippen molar-refractivity contribution in [2.24, 2.45) is 5.92 Å². The third-order valence-electron chi connectivity index (χ3n) is 5.09. The number of amides is 1. The summed E-state index contributed by atoms with van der Waals surface area (Å²) in [5.41, 5.74) is 0.334. The molecule has 1 fully saturated rings. The molecule has 1 amide bonds. The maximum absolute atomic E-state index is 12.5. The molecule has 2 atom stereocenters. The van der Waals surface area contributed by atoms with Crippen molar-refractivity contribution in [1.82, 2.24) is 5.32 Å². The number of benzene rings is 1. The van der Waals surface area contributed by atoms with Crippen molar-refractivity contribution < 1.29 is 23.8 Å². The van der Waals surface area contributed by atoms with Gasteiger partial charge in [-0.2, -0.15) is 0 Å². The first kappa shape index (κ1) is 23.2. The van der Waals surface area contributed by atoms with Crippen LogP contribution in [-0.4, -0.2) is 36.9 Å². The lowest BCUT2D eigenvalue weighted by Gasteiger charge is -2.32. The van der Waals surface area contributed by atoms with E-state index in [4.69, 9.17) is 14.2 Å². The van der Waals surface area contributed by atoms with E-state index in [-0.39, 0.29) is 6.61 Å². The number of carbonyl (C=O) groups excluding carboxylic acids is 2. The minimum Gasteiger partial charge on any atom is -0.467 e. The fraction of sp³-hybridized carbons (Fsp3) is 0.652. The Labute approximate surface area is 174 Å². The molecule has 0 spiro atoms. The SMILES string of the molecule is COC(=O)[C@H](OCc1ccccc1)[C@H](CC1CCCCC1)NC(=O)OC(C)(C)C. The molecule has 29 heavy (non-hydrogen) atoms. The van der Waals surface area contributed by atoms with Crippen molar-refractivity contribution in [3.8, 4) is 0 Å². The second-order valence-electron chi connectivity index (χ2n) is 8.73. The second kappa shape index (κ2) is 11.2. The van der Waals surface area contributed by atoms with Gasteiger partial charge in [0.2, 0.25) is 0 Å². The van der Waals surface area contributed by atoms with Crippen LogP contribution in [0.25, 0.3) is 0 Å². The first-order chi connectivity index (χ1) is 13.8. The van der Waals surface area contributed by atoms with Crippen LogP contribution in [0.15, 0.2) is 30.3 Å². The van der Waals surface area contributed by atoms with E-state index in [2.05, 4.69) is 5.32 Å². The molecule has 1 aliphatic carbocycles. The van der Waals surface area contributed by atoms with Gasteiger partial charge in [-0.15, -0.1) is 0 Å². The van der Waals surface area contributed by atoms with Gasteiger partial charge in [0.25, 0.3) is 0 Å². The van der Waals surface area contributed by atoms with Crippen LogP contribution in [0.2, 0.25) is 0 Å². The highest BCUT2D eigenvalue weighted by atomic mass is 16.6. The molecule has 162 valence electrons. The van der Waals surface area contributed by atoms with E-state index in [1.807, 2.05) is 51.1 Å². The Morgan fingerprint density at radius 1 is 1.10 bits per heavy atom. The van der Waals surface area contributed by atoms with E-state index in [0.717, 1.165) is 18.4 Å². The summed E-state index contributed by atoms with van der Waals surface area (Å²) in [6.45, 7) is 5.70. The fourth-order valence-corrected chi connectivity index (χ4v) is 3.72. The zero-order chi connectivity index (χ0) is 21.3. The summed E-state index contributed by atoms with van der Waals surface area (Å²) in [6, 6.07) is 9.13. The summed E-state index contributed by atoms with van der Waals surface area (Å²) >= 11 is 0. The molecule has 1 aromatic rings. The van der Waals surface area contributed by atoms with E-state index in [1.165, 1.54) is 26.4 Å². The minimum atomic E-state index is -0.894. The average Bonchev–Trinajstić information content (AvgIpc) is 2.68. The van der Waals surface area contributed by atoms with E-state index in [9.17, 15) is 9.59 Å². The van der Waals surface area contributed by atoms with Crippen LogP contribution < -0.4 is 5.32 Å². The van der Waals surface area contributed by atoms with E-state index in [1.54, 1.807) is 0 Å². The Morgan fingerprint density at radius 3 is 2.34 bits per heavy atom. The maximum atomic E-state index is 12.5. The molecule has 0 saturated heterocycles. The number of methoxy groups -OCH3 is 1. The van der Waals surface area contributed by atoms with Gasteiger partial charge in [0.05, 0.1) is 19.8 Å². The number of hydrogen-bond donors (Lipinski definition) is 1. The second-order valence-corrected chi connectivity index (χ2v) is 8.73. The highest BCUT2D eigenvalue weighted by Crippen LogP contribution is 2.29. The number of nitrogens with one attached hydrogen (secondary N) is 1. The predicted molar refractivity (Wildman–Crippen MR) is 111 cm³/mol. The Morgan fingerprint density at radius 2 is 1.76 bits per heavy atom. The summed E-state index contributed by atoms with van der Waals surface area (Å²) < 4.78 is 16.4. The fourth-order valence-electron chi connectivity index (χ4n) is 3.72. The predicted octanol–water partition coefficient (Wildman–Crippen LogP) is 4.61. The molecule has 6 nitrogen and oxygen atoms in total. The highest BCUT2D eigenvalue weighted by Gasteiger charge is 2.35. The van der Waals surface area contributed by atoms with Crippen LogP contribution in [-0.2, 0) is 25.6 Å². The summed E-state index contributed by atoms with van der Waals surface area (Å²) in [7, 11) is 1.34. The van der Waals surface area contributed by atoms with Crippen molar-refractivity contribution in [3.63, 3.8) is 0 Å². The van der Waals surface area contributed by atoms with Crippen molar-refractivity contribution in [3.05, 3.63) is 35.9 Å². The lowest BCUT2D eigenvalue weighted by Crippen LogP contribution is -2.50. The summed E-state index contributed by atoms with van der Waals surface area (Å²) in [5, 5.41) is 2.89. The maximum Gasteiger partial charge on any atom is 0.407 e. The third kappa shape index (κ3) is 8.44. The van der Waals surface area contributed by atoms with E-state index in [0.29, 0.717) is 12.3 Å². The van der Waals surface area contributed by atoms with Gasteiger partial charge in [0.15, 0.2) is 6.10 Å². The van der Waals surface area contributed by atoms with Gasteiger partial charge < -0.3 is 19.5 Å². The van der Waals surface area contributed by atoms with Crippen LogP contribution in [0.5, 0.6) is 0 Å². The average molecular weight is 406 g/mol. The van der Waals surface area contributed by atoms with Gasteiger partial charge in [-0.05, 0) is 38.7 Å². The third-order valence-corrected chi connectivity index (χ3v) is 5.09. The number of alkyl carbamates (subject to hydrolysis) is 1. The molecule has 0 aromatic heterocycles. The quantitative estimate of drug-likeness (QED) is 0.640. The van der Waals surface area contributed by atoms with Gasteiger partial charge in [-0.3, -0.25) is 0 Å². The Bertz CT molecular complexity index is 634. The standard InChI is InChI=1S/C23H35NO5/c1-23(2,3)29-22(26)24-19(15-17-11-7-5-8-12-17)20(21(25)27-4)28-16-18-13-9-6-10-14-18/h6,9-10,13-14,17,19-20H,5,7-8,11-12,15-16H2,1-4H3,(H,24,26)/t19-,20+/m0/s1. The number of rotatable bonds is 8. The van der Waals surface area contributed by atoms with Crippen LogP contribution in [0.1, 0.15) is 64.9 Å². The Kier molecular flexibility index (Phi) is 8.96. The van der Waals surface area contributed by atoms with Gasteiger partial charge in [0, 0.05) is 0 Å². The highest BCUT2D eigenvalue weighted by molar-refractivity contribution is 5.77. The number of hydrogen-bond acceptors (Lipinski definition) is 5. The van der Waals surface area contributed by atoms with Crippen molar-refractivity contribution in [2.75, 3.05) is 7.11 Å². The van der Waals surface area contributed by atoms with Gasteiger partial charge in [0.1, 0.15) is 5.60 Å². The lowest BCUT2D eigenvalue weighted by molar-refractivity contribution is -0.157. The van der Waals surface area contributed by atoms with Crippen LogP contribution in [0.3, 0.4) is 0 Å². The van der Waals surface area contributed by atoms with Crippen LogP contribution >= 0.6 is 0 Å². The molecule has 1 aliphatic rings. The lowest BCUT2D eigenvalue weighted by atomic mass is 9.83. The van der Waals surface area contributed by atoms with Gasteiger partial charge in [-0.25, -0.2) is 9.59 Å². The number of esters is 1. The first-order valence-electron chi connectivity index (χ1n) is 10.5. The topological polar surface area (TPSA) is 73.9 Å². The molecule has 1 saturated carbocycles. The molecule has 0 unspecified atom stereocenters. The zero-order valence-corrected chi connectivity index (χ0v) is 18.1. The molecule has 1 aromatic carbocycles. The van der Waals surface area contributed by atoms with Crippen LogP contribution in [0.4, 0.5) is 4.79 Å². The molecular weight excluding hydrogens is 370 g/mol. The van der Waals surface area contributed by atoms with Crippen molar-refractivity contribution >= 4 is 12.1 Å². The molecule has 1 N–H and O–H groups in total. The molecule has 2 rings (SSSR count). The van der Waals surface area contributed by atoms with E-state index >= 15 is 0 Å². The first-order valence-corrected chi connectivity index (χ1v) is 10.5. The summed E-state index contributed by atoms with van der Waals surface area (Å²) in [5.74, 6) is -0.0473. The monoisotopic (exact) mass is 405 g/mol. The van der Waals surface area contributed by atoms with Crippen molar-refractivity contribution in [2.45, 2.75) is 83.6 Å². The van der Waals surface area contributed by atoms with Gasteiger partial charge in [-0.1, -0.05) is 62.4 Å². The van der Waals surface area contributed by atoms with Crippen LogP contribution in [0, 0.1) is 5.92 Å². The minimum absolute atomic E-state index is 0.262. The summed E-state index contributed by atoms with van der Waals surface area (Å²) in [6.07, 6.45) is 5.01. The normalized spacial score (nSPS) is 17.2. The number of carbonyl (C=O) groups is 2. The molecule has 0 bridgehead atoms. The Balaban J connectivity index is 2.14. The number of ether oxygens (including phenoxy) is 3. The largest absolute Gasteiger partial charge is 0.467 e. The molecule has 6 heteroatoms. The smallest absolute Gasteiger partial charge is 0.407 e. The molecule has 0 heterocycles. The molecule has 0 radical (unpaired) electrons. The summed E-state index contributed by atoms with van der Waals surface area (Å²) in [4.78, 5) is 25.0. The van der Waals surface area contributed by atoms with E-state index < -0.39 is 29.8 Å². The molecular formula is C23H35NO5. The zero-order valence-electron chi connectivity index (χ0n) is 18.1. The van der Waals surface area contributed by atoms with Gasteiger partial charge >= 0.3 is 12.1 Å². The Hall–Kier alpha value is -2.08.